The molecular formula is C23H22N8O5. The van der Waals surface area contributed by atoms with Gasteiger partial charge in [0, 0.05) is 0 Å². The van der Waals surface area contributed by atoms with Crippen LogP contribution < -0.4 is 14.8 Å². The van der Waals surface area contributed by atoms with Gasteiger partial charge in [-0.1, -0.05) is 23.3 Å². The van der Waals surface area contributed by atoms with Crippen molar-refractivity contribution in [3.05, 3.63) is 67.3 Å². The molecular weight excluding hydrogens is 468 g/mol. The Kier molecular flexibility index (Phi) is 5.97. The van der Waals surface area contributed by atoms with Crippen molar-refractivity contribution in [2.24, 2.45) is 0 Å². The first kappa shape index (κ1) is 22.1. The van der Waals surface area contributed by atoms with Crippen molar-refractivity contribution in [2.75, 3.05) is 19.8 Å². The zero-order chi connectivity index (χ0) is 24.3. The number of hydrogen-bond acceptors (Lipinski definition) is 10. The molecule has 0 radical (unpaired) electrons. The van der Waals surface area contributed by atoms with Crippen LogP contribution in [0, 0.1) is 0 Å². The Balaban J connectivity index is 1.07. The fraction of sp³-hybridized carbons (Fsp3) is 0.304. The van der Waals surface area contributed by atoms with Gasteiger partial charge in [0.15, 0.2) is 6.61 Å². The van der Waals surface area contributed by atoms with E-state index in [2.05, 4.69) is 30.9 Å². The molecule has 4 unspecified atom stereocenters. The maximum Gasteiger partial charge on any atom is 0.341 e. The van der Waals surface area contributed by atoms with E-state index in [1.54, 1.807) is 40.0 Å². The number of nitrogens with zero attached hydrogens (tertiary/aromatic N) is 7. The van der Waals surface area contributed by atoms with E-state index in [0.717, 1.165) is 5.69 Å². The molecule has 2 fully saturated rings. The lowest BCUT2D eigenvalue weighted by molar-refractivity contribution is -0.124. The zero-order valence-corrected chi connectivity index (χ0v) is 19.0. The van der Waals surface area contributed by atoms with Crippen LogP contribution in [0.5, 0.6) is 17.5 Å². The van der Waals surface area contributed by atoms with Crippen LogP contribution in [-0.2, 0) is 14.3 Å². The Morgan fingerprint density at radius 2 is 1.86 bits per heavy atom. The van der Waals surface area contributed by atoms with Crippen molar-refractivity contribution >= 4 is 5.91 Å². The maximum absolute atomic E-state index is 12.4. The molecule has 2 aliphatic rings. The fourth-order valence-electron chi connectivity index (χ4n) is 4.30. The highest BCUT2D eigenvalue weighted by atomic mass is 16.6. The zero-order valence-electron chi connectivity index (χ0n) is 19.0. The molecule has 0 aliphatic carbocycles. The number of hydrogen-bond donors (Lipinski definition) is 1. The number of para-hydroxylation sites is 1. The number of carbonyl (C=O) groups excluding carboxylic acids is 1. The van der Waals surface area contributed by atoms with Crippen LogP contribution in [-0.4, -0.2) is 78.9 Å². The second-order valence-corrected chi connectivity index (χ2v) is 8.28. The summed E-state index contributed by atoms with van der Waals surface area (Å²) < 4.78 is 26.6. The van der Waals surface area contributed by atoms with Crippen LogP contribution in [0.25, 0.3) is 5.69 Å². The largest absolute Gasteiger partial charge is 0.484 e. The van der Waals surface area contributed by atoms with Gasteiger partial charge in [0.05, 0.1) is 24.9 Å². The van der Waals surface area contributed by atoms with Crippen LogP contribution >= 0.6 is 0 Å². The maximum atomic E-state index is 12.4. The topological polar surface area (TPSA) is 140 Å². The molecule has 2 saturated heterocycles. The van der Waals surface area contributed by atoms with E-state index < -0.39 is 0 Å². The van der Waals surface area contributed by atoms with Crippen LogP contribution in [0.1, 0.15) is 6.04 Å². The van der Waals surface area contributed by atoms with E-state index in [1.807, 2.05) is 30.3 Å². The van der Waals surface area contributed by atoms with Gasteiger partial charge in [0.2, 0.25) is 0 Å². The summed E-state index contributed by atoms with van der Waals surface area (Å²) in [5.74, 6) is 0.937. The second kappa shape index (κ2) is 9.71. The van der Waals surface area contributed by atoms with Crippen molar-refractivity contribution in [1.29, 1.82) is 0 Å². The Morgan fingerprint density at radius 3 is 2.67 bits per heavy atom. The Bertz CT molecular complexity index is 1300. The summed E-state index contributed by atoms with van der Waals surface area (Å²) in [6.07, 6.45) is 2.40. The first-order chi connectivity index (χ1) is 17.7. The van der Waals surface area contributed by atoms with Gasteiger partial charge in [0.1, 0.15) is 42.4 Å². The summed E-state index contributed by atoms with van der Waals surface area (Å²) in [6, 6.07) is 16.0. The summed E-state index contributed by atoms with van der Waals surface area (Å²) >= 11 is 0. The molecule has 6 rings (SSSR count). The van der Waals surface area contributed by atoms with Crippen LogP contribution in [0.4, 0.5) is 0 Å². The molecule has 1 amide bonds. The van der Waals surface area contributed by atoms with Gasteiger partial charge in [0.25, 0.3) is 5.91 Å². The van der Waals surface area contributed by atoms with E-state index in [0.29, 0.717) is 24.7 Å². The number of carbonyl (C=O) groups is 1. The number of benzene rings is 2. The predicted octanol–water partition coefficient (Wildman–Crippen LogP) is 0.949. The van der Waals surface area contributed by atoms with Gasteiger partial charge in [-0.15, -0.1) is 0 Å². The normalized spacial score (nSPS) is 22.8. The minimum atomic E-state index is -0.342. The lowest BCUT2D eigenvalue weighted by Crippen LogP contribution is -2.45. The molecule has 4 aromatic rings. The van der Waals surface area contributed by atoms with Gasteiger partial charge < -0.3 is 24.3 Å². The van der Waals surface area contributed by atoms with Gasteiger partial charge in [-0.2, -0.15) is 9.78 Å². The van der Waals surface area contributed by atoms with Gasteiger partial charge in [-0.3, -0.25) is 4.79 Å². The minimum Gasteiger partial charge on any atom is -0.484 e. The molecule has 184 valence electrons. The van der Waals surface area contributed by atoms with Crippen molar-refractivity contribution in [3.63, 3.8) is 0 Å². The molecule has 2 aromatic heterocycles. The summed E-state index contributed by atoms with van der Waals surface area (Å²) in [5, 5.41) is 18.9. The highest BCUT2D eigenvalue weighted by Crippen LogP contribution is 2.36. The van der Waals surface area contributed by atoms with E-state index in [4.69, 9.17) is 18.9 Å². The number of ether oxygens (including phenoxy) is 4. The summed E-state index contributed by atoms with van der Waals surface area (Å²) in [6.45, 7) is 0.530. The third-order valence-corrected chi connectivity index (χ3v) is 5.99. The van der Waals surface area contributed by atoms with Gasteiger partial charge >= 0.3 is 6.01 Å². The SMILES string of the molecule is O=C(COc1ccccc1)NC1COC2C1OCC2n1nnnc1Oc1ccc(-n2cncn2)cc1. The lowest BCUT2D eigenvalue weighted by Gasteiger charge is -2.18. The van der Waals surface area contributed by atoms with E-state index >= 15 is 0 Å². The molecule has 2 aliphatic heterocycles. The number of fused-ring (bicyclic) bond motifs is 1. The lowest BCUT2D eigenvalue weighted by atomic mass is 10.1. The van der Waals surface area contributed by atoms with Crippen molar-refractivity contribution in [3.8, 4) is 23.2 Å². The first-order valence-corrected chi connectivity index (χ1v) is 11.4. The predicted molar refractivity (Wildman–Crippen MR) is 122 cm³/mol. The molecule has 0 bridgehead atoms. The Morgan fingerprint density at radius 1 is 1.03 bits per heavy atom. The van der Waals surface area contributed by atoms with Crippen LogP contribution in [0.15, 0.2) is 67.3 Å². The van der Waals surface area contributed by atoms with Crippen molar-refractivity contribution in [1.82, 2.24) is 40.3 Å². The summed E-state index contributed by atoms with van der Waals surface area (Å²) in [5.41, 5.74) is 0.841. The molecule has 2 aromatic carbocycles. The summed E-state index contributed by atoms with van der Waals surface area (Å²) in [7, 11) is 0. The number of tetrazole rings is 1. The van der Waals surface area contributed by atoms with Crippen molar-refractivity contribution in [2.45, 2.75) is 24.3 Å². The molecule has 0 spiro atoms. The highest BCUT2D eigenvalue weighted by Gasteiger charge is 2.50. The molecule has 13 nitrogen and oxygen atoms in total. The quantitative estimate of drug-likeness (QED) is 0.379. The third kappa shape index (κ3) is 4.48. The smallest absolute Gasteiger partial charge is 0.341 e. The molecule has 13 heteroatoms. The molecule has 0 saturated carbocycles. The van der Waals surface area contributed by atoms with Gasteiger partial charge in [-0.25, -0.2) is 9.67 Å². The molecule has 1 N–H and O–H groups in total. The number of rotatable bonds is 8. The van der Waals surface area contributed by atoms with Gasteiger partial charge in [-0.05, 0) is 46.8 Å². The molecule has 4 heterocycles. The van der Waals surface area contributed by atoms with Crippen LogP contribution in [0.2, 0.25) is 0 Å². The van der Waals surface area contributed by atoms with Crippen molar-refractivity contribution < 1.29 is 23.7 Å². The number of amides is 1. The average Bonchev–Trinajstić information content (AvgIpc) is 3.71. The van der Waals surface area contributed by atoms with E-state index in [-0.39, 0.29) is 42.8 Å². The summed E-state index contributed by atoms with van der Waals surface area (Å²) in [4.78, 5) is 16.4. The average molecular weight is 490 g/mol. The number of aromatic nitrogens is 7. The van der Waals surface area contributed by atoms with E-state index in [9.17, 15) is 4.79 Å². The Hall–Kier alpha value is -4.36. The standard InChI is InChI=1S/C23H22N8O5/c32-20(12-33-16-4-2-1-3-5-16)26-18-10-34-22-19(11-35-21(18)22)31-23(27-28-29-31)36-17-8-6-15(7-9-17)30-14-24-13-25-30/h1-9,13-14,18-19,21-22H,10-12H2,(H,26,32). The Labute approximate surface area is 204 Å². The molecule has 4 atom stereocenters. The van der Waals surface area contributed by atoms with E-state index in [1.165, 1.54) is 6.33 Å². The molecule has 36 heavy (non-hydrogen) atoms. The number of nitrogens with one attached hydrogen (secondary N) is 1. The first-order valence-electron chi connectivity index (χ1n) is 11.4. The monoisotopic (exact) mass is 490 g/mol. The highest BCUT2D eigenvalue weighted by molar-refractivity contribution is 5.78. The minimum absolute atomic E-state index is 0.0952. The third-order valence-electron chi connectivity index (χ3n) is 5.99. The second-order valence-electron chi connectivity index (χ2n) is 8.28. The fourth-order valence-corrected chi connectivity index (χ4v) is 4.30. The van der Waals surface area contributed by atoms with Crippen LogP contribution in [0.3, 0.4) is 0 Å².